The highest BCUT2D eigenvalue weighted by Crippen LogP contribution is 2.17. The average Bonchev–Trinajstić information content (AvgIpc) is 2.91. The lowest BCUT2D eigenvalue weighted by atomic mass is 10.2. The molecule has 6 nitrogen and oxygen atoms in total. The Morgan fingerprint density at radius 1 is 1.27 bits per heavy atom. The maximum atomic E-state index is 12.2. The number of nitrogens with one attached hydrogen (secondary N) is 2. The van der Waals surface area contributed by atoms with Crippen LogP contribution in [0.25, 0.3) is 5.69 Å². The maximum Gasteiger partial charge on any atom is 0.272 e. The number of para-hydroxylation sites is 1. The van der Waals surface area contributed by atoms with Crippen molar-refractivity contribution in [3.05, 3.63) is 42.1 Å². The molecule has 22 heavy (non-hydrogen) atoms. The van der Waals surface area contributed by atoms with Gasteiger partial charge in [-0.2, -0.15) is 5.10 Å². The normalized spacial score (nSPS) is 11.8. The van der Waals surface area contributed by atoms with Gasteiger partial charge in [0.1, 0.15) is 5.82 Å². The monoisotopic (exact) mass is 300 g/mol. The van der Waals surface area contributed by atoms with Crippen LogP contribution in [0.1, 0.15) is 37.7 Å². The minimum absolute atomic E-state index is 0.0681. The first-order chi connectivity index (χ1) is 10.5. The molecule has 1 atom stereocenters. The Balaban J connectivity index is 2.36. The zero-order chi connectivity index (χ0) is 16.1. The molecule has 0 fully saturated rings. The highest BCUT2D eigenvalue weighted by Gasteiger charge is 2.17. The lowest BCUT2D eigenvalue weighted by molar-refractivity contribution is -0.114. The Morgan fingerprint density at radius 3 is 2.55 bits per heavy atom. The predicted molar refractivity (Wildman–Crippen MR) is 85.1 cm³/mol. The molecule has 0 saturated heterocycles. The number of carbonyl (C=O) groups is 2. The summed E-state index contributed by atoms with van der Waals surface area (Å²) in [4.78, 5) is 23.5. The molecule has 116 valence electrons. The Bertz CT molecular complexity index is 664. The van der Waals surface area contributed by atoms with Gasteiger partial charge in [0.2, 0.25) is 5.91 Å². The molecule has 6 heteroatoms. The quantitative estimate of drug-likeness (QED) is 0.890. The summed E-state index contributed by atoms with van der Waals surface area (Å²) in [6.45, 7) is 5.35. The molecule has 1 heterocycles. The van der Waals surface area contributed by atoms with E-state index in [0.717, 1.165) is 12.1 Å². The summed E-state index contributed by atoms with van der Waals surface area (Å²) >= 11 is 0. The van der Waals surface area contributed by atoms with Gasteiger partial charge in [-0.05, 0) is 25.5 Å². The Hall–Kier alpha value is -2.63. The molecule has 0 bridgehead atoms. The van der Waals surface area contributed by atoms with Crippen LogP contribution in [-0.4, -0.2) is 27.6 Å². The fourth-order valence-corrected chi connectivity index (χ4v) is 1.93. The van der Waals surface area contributed by atoms with Crippen LogP contribution in [0.5, 0.6) is 0 Å². The number of anilines is 1. The molecular weight excluding hydrogens is 280 g/mol. The highest BCUT2D eigenvalue weighted by atomic mass is 16.2. The second kappa shape index (κ2) is 6.89. The molecule has 2 rings (SSSR count). The van der Waals surface area contributed by atoms with E-state index in [1.165, 1.54) is 6.92 Å². The smallest absolute Gasteiger partial charge is 0.272 e. The zero-order valence-corrected chi connectivity index (χ0v) is 13.0. The van der Waals surface area contributed by atoms with Gasteiger partial charge >= 0.3 is 0 Å². The third kappa shape index (κ3) is 3.72. The van der Waals surface area contributed by atoms with Crippen molar-refractivity contribution >= 4 is 17.6 Å². The van der Waals surface area contributed by atoms with Gasteiger partial charge in [0.15, 0.2) is 5.69 Å². The summed E-state index contributed by atoms with van der Waals surface area (Å²) < 4.78 is 1.55. The Labute approximate surface area is 129 Å². The van der Waals surface area contributed by atoms with E-state index < -0.39 is 0 Å². The third-order valence-corrected chi connectivity index (χ3v) is 3.24. The van der Waals surface area contributed by atoms with Crippen LogP contribution in [0.4, 0.5) is 5.82 Å². The van der Waals surface area contributed by atoms with E-state index in [4.69, 9.17) is 0 Å². The summed E-state index contributed by atoms with van der Waals surface area (Å²) in [6, 6.07) is 11.0. The first-order valence-electron chi connectivity index (χ1n) is 7.25. The number of rotatable bonds is 5. The maximum absolute atomic E-state index is 12.2. The van der Waals surface area contributed by atoms with Crippen LogP contribution in [0.3, 0.4) is 0 Å². The predicted octanol–water partition coefficient (Wildman–Crippen LogP) is 2.36. The molecule has 2 amide bonds. The van der Waals surface area contributed by atoms with Crippen molar-refractivity contribution in [2.24, 2.45) is 0 Å². The largest absolute Gasteiger partial charge is 0.348 e. The van der Waals surface area contributed by atoms with Crippen LogP contribution in [0, 0.1) is 0 Å². The standard InChI is InChI=1S/C16H20N4O2/c1-4-11(2)17-16(22)14-10-15(18-12(3)21)20(19-14)13-8-6-5-7-9-13/h5-11H,4H2,1-3H3,(H,17,22)(H,18,21). The number of aromatic nitrogens is 2. The van der Waals surface area contributed by atoms with Gasteiger partial charge < -0.3 is 10.6 Å². The van der Waals surface area contributed by atoms with Crippen LogP contribution in [0.15, 0.2) is 36.4 Å². The second-order valence-electron chi connectivity index (χ2n) is 5.13. The van der Waals surface area contributed by atoms with Crippen LogP contribution < -0.4 is 10.6 Å². The summed E-state index contributed by atoms with van der Waals surface area (Å²) in [7, 11) is 0. The van der Waals surface area contributed by atoms with E-state index in [1.807, 2.05) is 44.2 Å². The average molecular weight is 300 g/mol. The van der Waals surface area contributed by atoms with Gasteiger partial charge in [0, 0.05) is 19.0 Å². The molecule has 2 N–H and O–H groups in total. The number of benzene rings is 1. The van der Waals surface area contributed by atoms with Crippen molar-refractivity contribution in [2.45, 2.75) is 33.2 Å². The Kier molecular flexibility index (Phi) is 4.93. The van der Waals surface area contributed by atoms with E-state index in [1.54, 1.807) is 10.7 Å². The number of amides is 2. The molecule has 0 aliphatic heterocycles. The van der Waals surface area contributed by atoms with E-state index >= 15 is 0 Å². The van der Waals surface area contributed by atoms with Gasteiger partial charge in [0.25, 0.3) is 5.91 Å². The van der Waals surface area contributed by atoms with Crippen LogP contribution in [-0.2, 0) is 4.79 Å². The molecule has 0 spiro atoms. The zero-order valence-electron chi connectivity index (χ0n) is 13.0. The fraction of sp³-hybridized carbons (Fsp3) is 0.312. The summed E-state index contributed by atoms with van der Waals surface area (Å²) in [5.41, 5.74) is 1.04. The molecule has 1 aromatic carbocycles. The summed E-state index contributed by atoms with van der Waals surface area (Å²) in [6.07, 6.45) is 0.837. The second-order valence-corrected chi connectivity index (χ2v) is 5.13. The SMILES string of the molecule is CCC(C)NC(=O)c1cc(NC(C)=O)n(-c2ccccc2)n1. The van der Waals surface area contributed by atoms with Gasteiger partial charge in [-0.1, -0.05) is 25.1 Å². The van der Waals surface area contributed by atoms with Crippen molar-refractivity contribution in [3.8, 4) is 5.69 Å². The van der Waals surface area contributed by atoms with E-state index in [-0.39, 0.29) is 23.6 Å². The Morgan fingerprint density at radius 2 is 1.95 bits per heavy atom. The minimum Gasteiger partial charge on any atom is -0.348 e. The van der Waals surface area contributed by atoms with Crippen molar-refractivity contribution in [2.75, 3.05) is 5.32 Å². The van der Waals surface area contributed by atoms with Crippen molar-refractivity contribution < 1.29 is 9.59 Å². The van der Waals surface area contributed by atoms with E-state index in [0.29, 0.717) is 5.82 Å². The first-order valence-corrected chi connectivity index (χ1v) is 7.25. The van der Waals surface area contributed by atoms with Gasteiger partial charge in [-0.3, -0.25) is 9.59 Å². The number of hydrogen-bond acceptors (Lipinski definition) is 3. The third-order valence-electron chi connectivity index (χ3n) is 3.24. The van der Waals surface area contributed by atoms with Crippen molar-refractivity contribution in [1.29, 1.82) is 0 Å². The van der Waals surface area contributed by atoms with Gasteiger partial charge in [0.05, 0.1) is 5.69 Å². The lowest BCUT2D eigenvalue weighted by Crippen LogP contribution is -2.32. The molecule has 1 unspecified atom stereocenters. The summed E-state index contributed by atoms with van der Waals surface area (Å²) in [5.74, 6) is -0.00500. The number of nitrogens with zero attached hydrogens (tertiary/aromatic N) is 2. The molecule has 0 radical (unpaired) electrons. The topological polar surface area (TPSA) is 76.0 Å². The van der Waals surface area contributed by atoms with Crippen molar-refractivity contribution in [1.82, 2.24) is 15.1 Å². The minimum atomic E-state index is -0.254. The first kappa shape index (κ1) is 15.8. The number of carbonyl (C=O) groups excluding carboxylic acids is 2. The van der Waals surface area contributed by atoms with E-state index in [2.05, 4.69) is 15.7 Å². The van der Waals surface area contributed by atoms with Crippen LogP contribution >= 0.6 is 0 Å². The fourth-order valence-electron chi connectivity index (χ4n) is 1.93. The molecule has 0 saturated carbocycles. The molecular formula is C16H20N4O2. The molecule has 1 aromatic heterocycles. The van der Waals surface area contributed by atoms with E-state index in [9.17, 15) is 9.59 Å². The molecule has 0 aliphatic rings. The van der Waals surface area contributed by atoms with Crippen LogP contribution in [0.2, 0.25) is 0 Å². The lowest BCUT2D eigenvalue weighted by Gasteiger charge is -2.09. The van der Waals surface area contributed by atoms with Gasteiger partial charge in [-0.25, -0.2) is 4.68 Å². The summed E-state index contributed by atoms with van der Waals surface area (Å²) in [5, 5.41) is 9.87. The molecule has 2 aromatic rings. The molecule has 0 aliphatic carbocycles. The highest BCUT2D eigenvalue weighted by molar-refractivity contribution is 5.95. The van der Waals surface area contributed by atoms with Gasteiger partial charge in [-0.15, -0.1) is 0 Å². The van der Waals surface area contributed by atoms with Crippen molar-refractivity contribution in [3.63, 3.8) is 0 Å². The number of hydrogen-bond donors (Lipinski definition) is 2.